The van der Waals surface area contributed by atoms with Crippen molar-refractivity contribution in [1.82, 2.24) is 5.32 Å². The monoisotopic (exact) mass is 343 g/mol. The summed E-state index contributed by atoms with van der Waals surface area (Å²) < 4.78 is 0. The lowest BCUT2D eigenvalue weighted by Crippen LogP contribution is -2.22. The zero-order valence-electron chi connectivity index (χ0n) is 16.4. The van der Waals surface area contributed by atoms with Crippen LogP contribution in [-0.4, -0.2) is 24.2 Å². The number of carboxylic acid groups (broad SMARTS) is 1. The summed E-state index contributed by atoms with van der Waals surface area (Å²) in [4.78, 5) is 10.4. The molecule has 0 spiro atoms. The van der Waals surface area contributed by atoms with Crippen LogP contribution < -0.4 is 5.32 Å². The second-order valence-electron chi connectivity index (χ2n) is 7.51. The molecule has 0 radical (unpaired) electrons. The molecule has 0 aromatic rings. The van der Waals surface area contributed by atoms with E-state index in [1.807, 2.05) is 25.2 Å². The van der Waals surface area contributed by atoms with E-state index in [2.05, 4.69) is 51.2 Å². The van der Waals surface area contributed by atoms with E-state index in [0.717, 1.165) is 5.57 Å². The summed E-state index contributed by atoms with van der Waals surface area (Å²) in [5.74, 6) is -0.835. The Hall–Kier alpha value is -1.87. The molecule has 3 nitrogen and oxygen atoms in total. The molecule has 1 rings (SSSR count). The third kappa shape index (κ3) is 8.17. The van der Waals surface area contributed by atoms with Gasteiger partial charge in [0.15, 0.2) is 0 Å². The van der Waals surface area contributed by atoms with Crippen molar-refractivity contribution in [2.24, 2.45) is 5.41 Å². The summed E-state index contributed by atoms with van der Waals surface area (Å²) in [6.07, 6.45) is 16.4. The van der Waals surface area contributed by atoms with Crippen molar-refractivity contribution in [1.29, 1.82) is 0 Å². The molecule has 0 bridgehead atoms. The smallest absolute Gasteiger partial charge is 0.317 e. The van der Waals surface area contributed by atoms with Crippen LogP contribution in [0.15, 0.2) is 58.7 Å². The summed E-state index contributed by atoms with van der Waals surface area (Å²) in [5, 5.41) is 11.4. The number of hydrogen-bond acceptors (Lipinski definition) is 2. The predicted molar refractivity (Wildman–Crippen MR) is 107 cm³/mol. The molecule has 0 aromatic carbocycles. The highest BCUT2D eigenvalue weighted by molar-refractivity contribution is 5.69. The Kier molecular flexibility index (Phi) is 8.64. The highest BCUT2D eigenvalue weighted by Crippen LogP contribution is 2.40. The van der Waals surface area contributed by atoms with E-state index in [9.17, 15) is 4.79 Å². The first kappa shape index (κ1) is 21.2. The number of rotatable bonds is 8. The maximum atomic E-state index is 10.4. The van der Waals surface area contributed by atoms with E-state index >= 15 is 0 Å². The molecule has 0 aliphatic heterocycles. The minimum absolute atomic E-state index is 0.0110. The summed E-state index contributed by atoms with van der Waals surface area (Å²) >= 11 is 0. The molecule has 0 aromatic heterocycles. The van der Waals surface area contributed by atoms with Gasteiger partial charge in [0.25, 0.3) is 0 Å². The molecule has 25 heavy (non-hydrogen) atoms. The second kappa shape index (κ2) is 10.2. The fraction of sp³-hybridized carbons (Fsp3) is 0.500. The Morgan fingerprint density at radius 1 is 1.24 bits per heavy atom. The summed E-state index contributed by atoms with van der Waals surface area (Å²) in [6.45, 7) is 11.6. The average Bonchev–Trinajstić information content (AvgIpc) is 2.50. The summed E-state index contributed by atoms with van der Waals surface area (Å²) in [7, 11) is 0. The first-order valence-electron chi connectivity index (χ1n) is 9.05. The van der Waals surface area contributed by atoms with Gasteiger partial charge in [0.2, 0.25) is 0 Å². The molecule has 0 saturated heterocycles. The lowest BCUT2D eigenvalue weighted by Gasteiger charge is -2.32. The largest absolute Gasteiger partial charge is 0.480 e. The van der Waals surface area contributed by atoms with Crippen molar-refractivity contribution >= 4 is 5.97 Å². The summed E-state index contributed by atoms with van der Waals surface area (Å²) in [6, 6.07) is 0. The molecular weight excluding hydrogens is 310 g/mol. The predicted octanol–water partition coefficient (Wildman–Crippen LogP) is 5.19. The van der Waals surface area contributed by atoms with Crippen LogP contribution in [0.2, 0.25) is 0 Å². The van der Waals surface area contributed by atoms with Crippen LogP contribution in [0.25, 0.3) is 0 Å². The van der Waals surface area contributed by atoms with Gasteiger partial charge in [-0.15, -0.1) is 0 Å². The van der Waals surface area contributed by atoms with Crippen LogP contribution in [0.4, 0.5) is 0 Å². The minimum Gasteiger partial charge on any atom is -0.480 e. The van der Waals surface area contributed by atoms with E-state index in [1.54, 1.807) is 0 Å². The zero-order valence-corrected chi connectivity index (χ0v) is 16.4. The standard InChI is InChI=1S/C22H33NO2/c1-17(8-6-9-18(2)13-15-23-16-21(24)25)11-12-20-19(3)10-7-14-22(20,4)5/h6,8-9,11-13,23H,7,10,14-16H2,1-5H3,(H,24,25)/b9-6+,12-11+,17-8+,18-13+. The van der Waals surface area contributed by atoms with E-state index in [0.29, 0.717) is 6.54 Å². The zero-order chi connectivity index (χ0) is 18.9. The number of carboxylic acids is 1. The number of nitrogens with one attached hydrogen (secondary N) is 1. The molecule has 1 aliphatic carbocycles. The van der Waals surface area contributed by atoms with Crippen molar-refractivity contribution in [2.45, 2.75) is 53.9 Å². The summed E-state index contributed by atoms with van der Waals surface area (Å²) in [5.41, 5.74) is 5.60. The third-order valence-corrected chi connectivity index (χ3v) is 4.62. The van der Waals surface area contributed by atoms with Crippen LogP contribution in [0, 0.1) is 5.41 Å². The van der Waals surface area contributed by atoms with Gasteiger partial charge in [0.1, 0.15) is 0 Å². The topological polar surface area (TPSA) is 49.3 Å². The van der Waals surface area contributed by atoms with Gasteiger partial charge in [0.05, 0.1) is 6.54 Å². The van der Waals surface area contributed by atoms with Gasteiger partial charge in [-0.2, -0.15) is 0 Å². The molecule has 2 N–H and O–H groups in total. The fourth-order valence-electron chi connectivity index (χ4n) is 3.11. The molecule has 0 heterocycles. The normalized spacial score (nSPS) is 19.2. The van der Waals surface area contributed by atoms with Crippen molar-refractivity contribution in [3.8, 4) is 0 Å². The Labute approximate surface area is 152 Å². The lowest BCUT2D eigenvalue weighted by molar-refractivity contribution is -0.135. The fourth-order valence-corrected chi connectivity index (χ4v) is 3.11. The third-order valence-electron chi connectivity index (χ3n) is 4.62. The molecule has 0 saturated carbocycles. The molecule has 0 unspecified atom stereocenters. The van der Waals surface area contributed by atoms with Crippen LogP contribution in [-0.2, 0) is 4.79 Å². The quantitative estimate of drug-likeness (QED) is 0.471. The lowest BCUT2D eigenvalue weighted by atomic mass is 9.72. The van der Waals surface area contributed by atoms with E-state index < -0.39 is 5.97 Å². The average molecular weight is 344 g/mol. The number of hydrogen-bond donors (Lipinski definition) is 2. The van der Waals surface area contributed by atoms with Crippen LogP contribution in [0.3, 0.4) is 0 Å². The first-order valence-corrected chi connectivity index (χ1v) is 9.05. The van der Waals surface area contributed by atoms with Gasteiger partial charge < -0.3 is 10.4 Å². The van der Waals surface area contributed by atoms with Crippen molar-refractivity contribution in [2.75, 3.05) is 13.1 Å². The SMILES string of the molecule is CC1=C(/C=C/C(C)=C/C=C/C(C)=C/CNCC(=O)O)C(C)(C)CCC1. The highest BCUT2D eigenvalue weighted by atomic mass is 16.4. The van der Waals surface area contributed by atoms with Crippen LogP contribution >= 0.6 is 0 Å². The van der Waals surface area contributed by atoms with E-state index in [4.69, 9.17) is 5.11 Å². The molecule has 0 fully saturated rings. The molecule has 1 aliphatic rings. The molecule has 138 valence electrons. The maximum absolute atomic E-state index is 10.4. The Morgan fingerprint density at radius 3 is 2.60 bits per heavy atom. The van der Waals surface area contributed by atoms with E-state index in [-0.39, 0.29) is 12.0 Å². The van der Waals surface area contributed by atoms with E-state index in [1.165, 1.54) is 36.0 Å². The number of aliphatic carboxylic acids is 1. The van der Waals surface area contributed by atoms with Gasteiger partial charge in [-0.25, -0.2) is 0 Å². The van der Waals surface area contributed by atoms with Crippen LogP contribution in [0.5, 0.6) is 0 Å². The van der Waals surface area contributed by atoms with Crippen molar-refractivity contribution in [3.63, 3.8) is 0 Å². The van der Waals surface area contributed by atoms with Crippen LogP contribution in [0.1, 0.15) is 53.9 Å². The van der Waals surface area contributed by atoms with Gasteiger partial charge in [-0.1, -0.05) is 67.0 Å². The number of allylic oxidation sites excluding steroid dienone is 9. The molecule has 0 atom stereocenters. The highest BCUT2D eigenvalue weighted by Gasteiger charge is 2.26. The number of carbonyl (C=O) groups is 1. The Balaban J connectivity index is 2.60. The Morgan fingerprint density at radius 2 is 1.96 bits per heavy atom. The second-order valence-corrected chi connectivity index (χ2v) is 7.51. The van der Waals surface area contributed by atoms with Gasteiger partial charge in [0, 0.05) is 6.54 Å². The van der Waals surface area contributed by atoms with Gasteiger partial charge in [-0.3, -0.25) is 4.79 Å². The van der Waals surface area contributed by atoms with Crippen molar-refractivity contribution < 1.29 is 9.90 Å². The molecule has 3 heteroatoms. The first-order chi connectivity index (χ1) is 11.7. The van der Waals surface area contributed by atoms with Crippen molar-refractivity contribution in [3.05, 3.63) is 58.7 Å². The Bertz CT molecular complexity index is 616. The van der Waals surface area contributed by atoms with Gasteiger partial charge >= 0.3 is 5.97 Å². The van der Waals surface area contributed by atoms with Gasteiger partial charge in [-0.05, 0) is 51.0 Å². The minimum atomic E-state index is -0.835. The molecular formula is C22H33NO2. The maximum Gasteiger partial charge on any atom is 0.317 e. The molecule has 0 amide bonds.